The molecule has 0 aromatic heterocycles. The number of rotatable bonds is 4. The van der Waals surface area contributed by atoms with Crippen LogP contribution < -0.4 is 10.2 Å². The van der Waals surface area contributed by atoms with Crippen molar-refractivity contribution in [3.05, 3.63) is 59.7 Å². The minimum Gasteiger partial charge on any atom is -0.489 e. The molecule has 3 rings (SSSR count). The fraction of sp³-hybridized carbons (Fsp3) is 0.350. The molecule has 0 amide bonds. The highest BCUT2D eigenvalue weighted by atomic mass is 16.7. The number of para-hydroxylation sites is 1. The minimum atomic E-state index is -0.466. The Hall–Kier alpha value is -2.29. The smallest absolute Gasteiger partial charge is 0.489 e. The second-order valence-corrected chi connectivity index (χ2v) is 7.23. The van der Waals surface area contributed by atoms with Crippen molar-refractivity contribution in [3.8, 4) is 11.8 Å². The van der Waals surface area contributed by atoms with Gasteiger partial charge in [0.15, 0.2) is 0 Å². The third-order valence-electron chi connectivity index (χ3n) is 4.88. The number of hydrogen-bond donors (Lipinski definition) is 0. The summed E-state index contributed by atoms with van der Waals surface area (Å²) in [6.45, 7) is 8.51. The molecular formula is C20H22BNO3. The quantitative estimate of drug-likeness (QED) is 0.803. The molecule has 0 aliphatic carbocycles. The molecule has 1 aliphatic heterocycles. The van der Waals surface area contributed by atoms with E-state index in [0.29, 0.717) is 12.2 Å². The van der Waals surface area contributed by atoms with Gasteiger partial charge >= 0.3 is 7.12 Å². The van der Waals surface area contributed by atoms with Crippen LogP contribution in [0.5, 0.6) is 5.75 Å². The van der Waals surface area contributed by atoms with Gasteiger partial charge in [-0.1, -0.05) is 30.3 Å². The predicted molar refractivity (Wildman–Crippen MR) is 97.6 cm³/mol. The number of benzene rings is 2. The van der Waals surface area contributed by atoms with E-state index in [9.17, 15) is 0 Å². The summed E-state index contributed by atoms with van der Waals surface area (Å²) < 4.78 is 18.3. The maximum absolute atomic E-state index is 9.01. The maximum atomic E-state index is 9.01. The summed E-state index contributed by atoms with van der Waals surface area (Å²) in [5, 5.41) is 9.01. The molecule has 2 aromatic carbocycles. The molecule has 0 N–H and O–H groups in total. The van der Waals surface area contributed by atoms with Gasteiger partial charge in [0, 0.05) is 5.46 Å². The van der Waals surface area contributed by atoms with Crippen molar-refractivity contribution in [2.75, 3.05) is 0 Å². The lowest BCUT2D eigenvalue weighted by atomic mass is 9.78. The molecule has 128 valence electrons. The van der Waals surface area contributed by atoms with Crippen molar-refractivity contribution >= 4 is 12.6 Å². The molecular weight excluding hydrogens is 313 g/mol. The Morgan fingerprint density at radius 1 is 1.00 bits per heavy atom. The van der Waals surface area contributed by atoms with E-state index in [4.69, 9.17) is 19.3 Å². The first kappa shape index (κ1) is 17.5. The second kappa shape index (κ2) is 6.55. The van der Waals surface area contributed by atoms with E-state index in [-0.39, 0.29) is 0 Å². The van der Waals surface area contributed by atoms with Gasteiger partial charge in [-0.25, -0.2) is 0 Å². The topological polar surface area (TPSA) is 51.5 Å². The molecule has 0 radical (unpaired) electrons. The van der Waals surface area contributed by atoms with E-state index >= 15 is 0 Å². The highest BCUT2D eigenvalue weighted by Gasteiger charge is 2.52. The molecule has 1 aliphatic rings. The average molecular weight is 335 g/mol. The number of nitrogens with zero attached hydrogens (tertiary/aromatic N) is 1. The van der Waals surface area contributed by atoms with Crippen molar-refractivity contribution in [2.24, 2.45) is 0 Å². The SMILES string of the molecule is CC1(C)OB(c2ccccc2OCc2cccc(C#N)c2)OC1(C)C. The van der Waals surface area contributed by atoms with Crippen LogP contribution in [0.4, 0.5) is 0 Å². The summed E-state index contributed by atoms with van der Waals surface area (Å²) >= 11 is 0. The minimum absolute atomic E-state index is 0.381. The zero-order valence-electron chi connectivity index (χ0n) is 15.1. The molecule has 0 unspecified atom stereocenters. The van der Waals surface area contributed by atoms with Crippen LogP contribution in [-0.2, 0) is 15.9 Å². The molecule has 5 heteroatoms. The highest BCUT2D eigenvalue weighted by Crippen LogP contribution is 2.37. The average Bonchev–Trinajstić information content (AvgIpc) is 2.81. The monoisotopic (exact) mass is 335 g/mol. The largest absolute Gasteiger partial charge is 0.498 e. The lowest BCUT2D eigenvalue weighted by Crippen LogP contribution is -2.41. The Kier molecular flexibility index (Phi) is 4.59. The van der Waals surface area contributed by atoms with Crippen molar-refractivity contribution in [1.82, 2.24) is 0 Å². The third kappa shape index (κ3) is 3.56. The molecule has 25 heavy (non-hydrogen) atoms. The first-order chi connectivity index (χ1) is 11.8. The van der Waals surface area contributed by atoms with Crippen LogP contribution in [0.3, 0.4) is 0 Å². The van der Waals surface area contributed by atoms with E-state index in [1.807, 2.05) is 70.2 Å². The van der Waals surface area contributed by atoms with Gasteiger partial charge in [-0.15, -0.1) is 0 Å². The number of nitriles is 1. The summed E-state index contributed by atoms with van der Waals surface area (Å²) in [4.78, 5) is 0. The van der Waals surface area contributed by atoms with Gasteiger partial charge in [-0.05, 0) is 51.5 Å². The lowest BCUT2D eigenvalue weighted by Gasteiger charge is -2.32. The Morgan fingerprint density at radius 2 is 1.68 bits per heavy atom. The van der Waals surface area contributed by atoms with E-state index in [1.165, 1.54) is 0 Å². The van der Waals surface area contributed by atoms with Crippen LogP contribution in [0.15, 0.2) is 48.5 Å². The Balaban J connectivity index is 1.79. The van der Waals surface area contributed by atoms with Crippen LogP contribution in [0.1, 0.15) is 38.8 Å². The molecule has 1 saturated heterocycles. The molecule has 0 bridgehead atoms. The summed E-state index contributed by atoms with van der Waals surface area (Å²) in [5.41, 5.74) is 1.65. The van der Waals surface area contributed by atoms with Crippen molar-refractivity contribution in [3.63, 3.8) is 0 Å². The summed E-state index contributed by atoms with van der Waals surface area (Å²) in [5.74, 6) is 0.725. The van der Waals surface area contributed by atoms with E-state index in [1.54, 1.807) is 6.07 Å². The first-order valence-electron chi connectivity index (χ1n) is 8.39. The van der Waals surface area contributed by atoms with Gasteiger partial charge in [0.25, 0.3) is 0 Å². The molecule has 2 aromatic rings. The Morgan fingerprint density at radius 3 is 2.36 bits per heavy atom. The molecule has 4 nitrogen and oxygen atoms in total. The predicted octanol–water partition coefficient (Wildman–Crippen LogP) is 3.44. The van der Waals surface area contributed by atoms with Gasteiger partial charge in [0.2, 0.25) is 0 Å². The summed E-state index contributed by atoms with van der Waals surface area (Å²) in [6.07, 6.45) is 0. The zero-order chi connectivity index (χ0) is 18.1. The van der Waals surface area contributed by atoms with Gasteiger partial charge in [0.1, 0.15) is 12.4 Å². The Bertz CT molecular complexity index is 795. The van der Waals surface area contributed by atoms with E-state index in [0.717, 1.165) is 16.8 Å². The standard InChI is InChI=1S/C20H22BNO3/c1-19(2)20(3,4)25-21(24-19)17-10-5-6-11-18(17)23-14-16-9-7-8-15(12-16)13-22/h5-12H,14H2,1-4H3. The van der Waals surface area contributed by atoms with Crippen LogP contribution >= 0.6 is 0 Å². The molecule has 0 saturated carbocycles. The van der Waals surface area contributed by atoms with E-state index < -0.39 is 18.3 Å². The first-order valence-corrected chi connectivity index (χ1v) is 8.39. The molecule has 0 atom stereocenters. The number of hydrogen-bond acceptors (Lipinski definition) is 4. The normalized spacial score (nSPS) is 18.0. The van der Waals surface area contributed by atoms with Crippen LogP contribution in [0.2, 0.25) is 0 Å². The lowest BCUT2D eigenvalue weighted by molar-refractivity contribution is 0.00578. The molecule has 1 heterocycles. The second-order valence-electron chi connectivity index (χ2n) is 7.23. The van der Waals surface area contributed by atoms with Crippen molar-refractivity contribution < 1.29 is 14.0 Å². The molecule has 1 fully saturated rings. The Labute approximate surface area is 149 Å². The molecule has 0 spiro atoms. The van der Waals surface area contributed by atoms with Gasteiger partial charge in [0.05, 0.1) is 22.8 Å². The third-order valence-corrected chi connectivity index (χ3v) is 4.88. The van der Waals surface area contributed by atoms with Gasteiger partial charge in [-0.2, -0.15) is 5.26 Å². The van der Waals surface area contributed by atoms with Crippen LogP contribution in [0, 0.1) is 11.3 Å². The van der Waals surface area contributed by atoms with Crippen LogP contribution in [-0.4, -0.2) is 18.3 Å². The fourth-order valence-corrected chi connectivity index (χ4v) is 2.67. The van der Waals surface area contributed by atoms with Crippen molar-refractivity contribution in [2.45, 2.75) is 45.5 Å². The van der Waals surface area contributed by atoms with Gasteiger partial charge < -0.3 is 14.0 Å². The number of ether oxygens (including phenoxy) is 1. The van der Waals surface area contributed by atoms with E-state index in [2.05, 4.69) is 6.07 Å². The summed E-state index contributed by atoms with van der Waals surface area (Å²) in [6, 6.07) is 17.3. The fourth-order valence-electron chi connectivity index (χ4n) is 2.67. The van der Waals surface area contributed by atoms with Crippen LogP contribution in [0.25, 0.3) is 0 Å². The maximum Gasteiger partial charge on any atom is 0.498 e. The summed E-state index contributed by atoms with van der Waals surface area (Å²) in [7, 11) is -0.466. The van der Waals surface area contributed by atoms with Crippen molar-refractivity contribution in [1.29, 1.82) is 5.26 Å². The van der Waals surface area contributed by atoms with Gasteiger partial charge in [-0.3, -0.25) is 0 Å². The highest BCUT2D eigenvalue weighted by molar-refractivity contribution is 6.63. The zero-order valence-corrected chi connectivity index (χ0v) is 15.1.